The lowest BCUT2D eigenvalue weighted by atomic mass is 9.98. The first-order chi connectivity index (χ1) is 12.7. The highest BCUT2D eigenvalue weighted by Gasteiger charge is 2.31. The van der Waals surface area contributed by atoms with Crippen LogP contribution in [0.4, 0.5) is 0 Å². The van der Waals surface area contributed by atoms with E-state index in [4.69, 9.17) is 10.8 Å². The maximum Gasteiger partial charge on any atom is 0.328 e. The smallest absolute Gasteiger partial charge is 0.328 e. The Hall–Kier alpha value is -2.45. The highest BCUT2D eigenvalue weighted by atomic mass is 16.4. The zero-order valence-electron chi connectivity index (χ0n) is 15.9. The SMILES string of the molecule is CC[C@H](C)[C@H](N)C(=O)N[C@@H](Cc1ccccc1)C(=O)N[C@H](C(=O)O)[C@@H](C)O. The molecule has 0 spiro atoms. The average Bonchev–Trinajstić information content (AvgIpc) is 2.64. The van der Waals surface area contributed by atoms with Crippen LogP contribution in [0.5, 0.6) is 0 Å². The number of hydrogen-bond donors (Lipinski definition) is 5. The van der Waals surface area contributed by atoms with Crippen molar-refractivity contribution in [1.29, 1.82) is 0 Å². The molecule has 8 nitrogen and oxygen atoms in total. The average molecular weight is 379 g/mol. The van der Waals surface area contributed by atoms with Crippen LogP contribution in [0.1, 0.15) is 32.8 Å². The molecule has 0 fully saturated rings. The van der Waals surface area contributed by atoms with E-state index in [2.05, 4.69) is 10.6 Å². The predicted molar refractivity (Wildman–Crippen MR) is 101 cm³/mol. The Morgan fingerprint density at radius 2 is 1.67 bits per heavy atom. The summed E-state index contributed by atoms with van der Waals surface area (Å²) in [6, 6.07) is 5.73. The van der Waals surface area contributed by atoms with Gasteiger partial charge in [-0.15, -0.1) is 0 Å². The fraction of sp³-hybridized carbons (Fsp3) is 0.526. The molecule has 8 heteroatoms. The van der Waals surface area contributed by atoms with Gasteiger partial charge in [0.15, 0.2) is 6.04 Å². The third-order valence-corrected chi connectivity index (χ3v) is 4.52. The van der Waals surface area contributed by atoms with Gasteiger partial charge in [-0.05, 0) is 18.4 Å². The molecule has 150 valence electrons. The van der Waals surface area contributed by atoms with Gasteiger partial charge in [-0.3, -0.25) is 9.59 Å². The first-order valence-electron chi connectivity index (χ1n) is 8.98. The van der Waals surface area contributed by atoms with E-state index in [0.29, 0.717) is 6.42 Å². The number of aliphatic carboxylic acids is 1. The van der Waals surface area contributed by atoms with E-state index in [0.717, 1.165) is 5.56 Å². The van der Waals surface area contributed by atoms with Crippen LogP contribution in [-0.4, -0.2) is 52.2 Å². The van der Waals surface area contributed by atoms with Crippen molar-refractivity contribution >= 4 is 17.8 Å². The Balaban J connectivity index is 2.97. The fourth-order valence-electron chi connectivity index (χ4n) is 2.48. The van der Waals surface area contributed by atoms with Gasteiger partial charge in [-0.2, -0.15) is 0 Å². The minimum atomic E-state index is -1.48. The van der Waals surface area contributed by atoms with Gasteiger partial charge in [0.25, 0.3) is 0 Å². The molecule has 6 N–H and O–H groups in total. The molecule has 0 bridgehead atoms. The number of carboxylic acids is 1. The lowest BCUT2D eigenvalue weighted by molar-refractivity contribution is -0.145. The molecule has 1 rings (SSSR count). The van der Waals surface area contributed by atoms with Crippen LogP contribution in [0.3, 0.4) is 0 Å². The van der Waals surface area contributed by atoms with Crippen LogP contribution >= 0.6 is 0 Å². The third kappa shape index (κ3) is 6.99. The van der Waals surface area contributed by atoms with Crippen molar-refractivity contribution in [2.24, 2.45) is 11.7 Å². The first kappa shape index (κ1) is 22.6. The fourth-order valence-corrected chi connectivity index (χ4v) is 2.48. The first-order valence-corrected chi connectivity index (χ1v) is 8.98. The largest absolute Gasteiger partial charge is 0.480 e. The molecule has 0 radical (unpaired) electrons. The summed E-state index contributed by atoms with van der Waals surface area (Å²) in [6.07, 6.45) is -0.424. The van der Waals surface area contributed by atoms with Crippen molar-refractivity contribution in [3.63, 3.8) is 0 Å². The molecular weight excluding hydrogens is 350 g/mol. The van der Waals surface area contributed by atoms with Crippen LogP contribution in [0, 0.1) is 5.92 Å². The van der Waals surface area contributed by atoms with Gasteiger partial charge >= 0.3 is 5.97 Å². The van der Waals surface area contributed by atoms with Crippen molar-refractivity contribution in [2.75, 3.05) is 0 Å². The predicted octanol–water partition coefficient (Wildman–Crippen LogP) is 0.0375. The minimum Gasteiger partial charge on any atom is -0.480 e. The van der Waals surface area contributed by atoms with E-state index in [1.54, 1.807) is 24.3 Å². The molecule has 0 aliphatic heterocycles. The number of carbonyl (C=O) groups excluding carboxylic acids is 2. The van der Waals surface area contributed by atoms with E-state index in [-0.39, 0.29) is 12.3 Å². The Morgan fingerprint density at radius 3 is 2.15 bits per heavy atom. The molecule has 0 heterocycles. The van der Waals surface area contributed by atoms with Crippen molar-refractivity contribution in [3.8, 4) is 0 Å². The summed E-state index contributed by atoms with van der Waals surface area (Å²) >= 11 is 0. The summed E-state index contributed by atoms with van der Waals surface area (Å²) in [5, 5.41) is 23.6. The molecule has 0 aliphatic carbocycles. The topological polar surface area (TPSA) is 142 Å². The molecule has 0 saturated heterocycles. The number of carbonyl (C=O) groups is 3. The van der Waals surface area contributed by atoms with Crippen molar-refractivity contribution in [3.05, 3.63) is 35.9 Å². The van der Waals surface area contributed by atoms with Gasteiger partial charge in [-0.25, -0.2) is 4.79 Å². The Bertz CT molecular complexity index is 635. The summed E-state index contributed by atoms with van der Waals surface area (Å²) in [4.78, 5) is 36.3. The Kier molecular flexibility index (Phi) is 8.90. The second-order valence-electron chi connectivity index (χ2n) is 6.73. The lowest BCUT2D eigenvalue weighted by Crippen LogP contribution is -2.57. The number of hydrogen-bond acceptors (Lipinski definition) is 5. The van der Waals surface area contributed by atoms with E-state index in [1.807, 2.05) is 19.9 Å². The van der Waals surface area contributed by atoms with Crippen LogP contribution in [0.2, 0.25) is 0 Å². The third-order valence-electron chi connectivity index (χ3n) is 4.52. The maximum atomic E-state index is 12.6. The van der Waals surface area contributed by atoms with Crippen LogP contribution in [0.25, 0.3) is 0 Å². The van der Waals surface area contributed by atoms with Gasteiger partial charge in [0.1, 0.15) is 6.04 Å². The summed E-state index contributed by atoms with van der Waals surface area (Å²) in [5.41, 5.74) is 6.72. The molecule has 2 amide bonds. The van der Waals surface area contributed by atoms with E-state index >= 15 is 0 Å². The molecular formula is C19H29N3O5. The molecule has 1 aromatic rings. The van der Waals surface area contributed by atoms with Crippen LogP contribution in [-0.2, 0) is 20.8 Å². The molecule has 1 aromatic carbocycles. The number of aliphatic hydroxyl groups excluding tert-OH is 1. The standard InChI is InChI=1S/C19H29N3O5/c1-4-11(2)15(20)18(25)21-14(10-13-8-6-5-7-9-13)17(24)22-16(12(3)23)19(26)27/h5-9,11-12,14-16,23H,4,10,20H2,1-3H3,(H,21,25)(H,22,24)(H,26,27)/t11-,12+,14-,15-,16-/m0/s1. The maximum absolute atomic E-state index is 12.6. The monoisotopic (exact) mass is 379 g/mol. The summed E-state index contributed by atoms with van der Waals surface area (Å²) in [5.74, 6) is -2.62. The Morgan fingerprint density at radius 1 is 1.07 bits per heavy atom. The van der Waals surface area contributed by atoms with Crippen LogP contribution in [0.15, 0.2) is 30.3 Å². The van der Waals surface area contributed by atoms with Crippen LogP contribution < -0.4 is 16.4 Å². The number of carboxylic acid groups (broad SMARTS) is 1. The quantitative estimate of drug-likeness (QED) is 0.388. The molecule has 0 aromatic heterocycles. The molecule has 0 saturated carbocycles. The molecule has 5 atom stereocenters. The van der Waals surface area contributed by atoms with E-state index in [1.165, 1.54) is 6.92 Å². The zero-order chi connectivity index (χ0) is 20.6. The van der Waals surface area contributed by atoms with Gasteiger partial charge in [-0.1, -0.05) is 50.6 Å². The lowest BCUT2D eigenvalue weighted by Gasteiger charge is -2.25. The summed E-state index contributed by atoms with van der Waals surface area (Å²) in [6.45, 7) is 5.01. The normalized spacial score (nSPS) is 16.5. The van der Waals surface area contributed by atoms with E-state index < -0.39 is 42.0 Å². The minimum absolute atomic E-state index is 0.0744. The molecule has 0 unspecified atom stereocenters. The Labute approximate surface area is 159 Å². The van der Waals surface area contributed by atoms with Crippen molar-refractivity contribution in [2.45, 2.75) is 57.8 Å². The second kappa shape index (κ2) is 10.6. The number of rotatable bonds is 10. The van der Waals surface area contributed by atoms with Gasteiger partial charge in [0.05, 0.1) is 12.1 Å². The highest BCUT2D eigenvalue weighted by Crippen LogP contribution is 2.08. The summed E-state index contributed by atoms with van der Waals surface area (Å²) in [7, 11) is 0. The number of aliphatic hydroxyl groups is 1. The molecule has 0 aliphatic rings. The van der Waals surface area contributed by atoms with E-state index in [9.17, 15) is 19.5 Å². The number of amides is 2. The number of nitrogens with two attached hydrogens (primary N) is 1. The highest BCUT2D eigenvalue weighted by molar-refractivity contribution is 5.92. The van der Waals surface area contributed by atoms with Gasteiger partial charge in [0.2, 0.25) is 11.8 Å². The summed E-state index contributed by atoms with van der Waals surface area (Å²) < 4.78 is 0. The van der Waals surface area contributed by atoms with Gasteiger partial charge < -0.3 is 26.6 Å². The van der Waals surface area contributed by atoms with Crippen molar-refractivity contribution in [1.82, 2.24) is 10.6 Å². The second-order valence-corrected chi connectivity index (χ2v) is 6.73. The number of benzene rings is 1. The zero-order valence-corrected chi connectivity index (χ0v) is 15.9. The van der Waals surface area contributed by atoms with Crippen molar-refractivity contribution < 1.29 is 24.6 Å². The molecule has 27 heavy (non-hydrogen) atoms. The van der Waals surface area contributed by atoms with Gasteiger partial charge in [0, 0.05) is 6.42 Å². The number of nitrogens with one attached hydrogen (secondary N) is 2.